The maximum absolute atomic E-state index is 13.0. The van der Waals surface area contributed by atoms with Crippen molar-refractivity contribution in [1.29, 1.82) is 0 Å². The van der Waals surface area contributed by atoms with Crippen molar-refractivity contribution in [2.24, 2.45) is 22.6 Å². The van der Waals surface area contributed by atoms with E-state index in [2.05, 4.69) is 32.6 Å². The van der Waals surface area contributed by atoms with E-state index in [1.54, 1.807) is 7.11 Å². The number of aliphatic imine (C=N–C) groups is 1. The summed E-state index contributed by atoms with van der Waals surface area (Å²) in [4.78, 5) is 31.3. The van der Waals surface area contributed by atoms with Crippen molar-refractivity contribution >= 4 is 17.8 Å². The molecule has 3 unspecified atom stereocenters. The fourth-order valence-electron chi connectivity index (χ4n) is 4.64. The van der Waals surface area contributed by atoms with Gasteiger partial charge in [-0.1, -0.05) is 27.7 Å². The SMILES string of the molecule is C#C.CC.CC.CC1(C)CC(=O)N(CC2CC2C(=O)NC2CC(C)(C)Oc3ccc(OC(F)(F)F)cc32)C(N)=N1.CCOC. The highest BCUT2D eigenvalue weighted by atomic mass is 19.4. The summed E-state index contributed by atoms with van der Waals surface area (Å²) in [5, 5.41) is 2.96. The largest absolute Gasteiger partial charge is 0.573 e. The number of carbonyl (C=O) groups excluding carboxylic acids is 2. The lowest BCUT2D eigenvalue weighted by molar-refractivity contribution is -0.274. The van der Waals surface area contributed by atoms with Gasteiger partial charge in [-0.15, -0.1) is 26.0 Å². The quantitative estimate of drug-likeness (QED) is 0.362. The fraction of sp³-hybridized carbons (Fsp3) is 0.656. The summed E-state index contributed by atoms with van der Waals surface area (Å²) in [5.74, 6) is -0.550. The van der Waals surface area contributed by atoms with Crippen LogP contribution in [0, 0.1) is 24.7 Å². The molecule has 1 fully saturated rings. The number of halogens is 3. The van der Waals surface area contributed by atoms with Crippen LogP contribution in [0.1, 0.15) is 93.2 Å². The van der Waals surface area contributed by atoms with Crippen LogP contribution < -0.4 is 20.5 Å². The maximum atomic E-state index is 13.0. The number of nitrogens with two attached hydrogens (primary N) is 1. The Morgan fingerprint density at radius 3 is 2.25 bits per heavy atom. The molecule has 3 N–H and O–H groups in total. The first-order valence-corrected chi connectivity index (χ1v) is 14.9. The van der Waals surface area contributed by atoms with Gasteiger partial charge < -0.3 is 25.3 Å². The van der Waals surface area contributed by atoms with E-state index in [-0.39, 0.29) is 41.8 Å². The standard InChI is InChI=1S/C23H29F3N4O4.C3H8O.2C2H6.C2H2/c1-21(2)10-18(31)30(20(27)29-21)11-12-7-14(12)19(32)28-16-9-22(3,4)34-17-6-5-13(8-15(16)17)33-23(24,25)26;1-3-4-2;3*1-2/h5-6,8,12,14,16H,7,9-11H2,1-4H3,(H2,27,29)(H,28,32);3H2,1-2H3;2*1-2H3;1-2H. The maximum Gasteiger partial charge on any atom is 0.573 e. The highest BCUT2D eigenvalue weighted by Crippen LogP contribution is 2.44. The number of alkyl halides is 3. The Morgan fingerprint density at radius 1 is 1.18 bits per heavy atom. The van der Waals surface area contributed by atoms with Crippen LogP contribution in [0.25, 0.3) is 0 Å². The van der Waals surface area contributed by atoms with Crippen molar-refractivity contribution in [3.05, 3.63) is 23.8 Å². The number of nitrogens with zero attached hydrogens (tertiary/aromatic N) is 2. The van der Waals surface area contributed by atoms with E-state index in [4.69, 9.17) is 10.5 Å². The first-order valence-electron chi connectivity index (χ1n) is 14.9. The van der Waals surface area contributed by atoms with Crippen LogP contribution in [0.4, 0.5) is 13.2 Å². The number of fused-ring (bicyclic) bond motifs is 1. The van der Waals surface area contributed by atoms with Crippen LogP contribution in [-0.2, 0) is 14.3 Å². The normalized spacial score (nSPS) is 22.1. The van der Waals surface area contributed by atoms with Crippen LogP contribution in [0.2, 0.25) is 0 Å². The van der Waals surface area contributed by atoms with Gasteiger partial charge in [-0.3, -0.25) is 14.5 Å². The van der Waals surface area contributed by atoms with Crippen LogP contribution in [-0.4, -0.2) is 60.4 Å². The second-order valence-electron chi connectivity index (χ2n) is 11.0. The first-order chi connectivity index (χ1) is 20.5. The van der Waals surface area contributed by atoms with Crippen molar-refractivity contribution in [2.75, 3.05) is 20.3 Å². The van der Waals surface area contributed by atoms with E-state index in [0.29, 0.717) is 30.7 Å². The van der Waals surface area contributed by atoms with Gasteiger partial charge in [0, 0.05) is 38.2 Å². The lowest BCUT2D eigenvalue weighted by Gasteiger charge is -2.38. The number of hydrogen-bond acceptors (Lipinski definition) is 7. The van der Waals surface area contributed by atoms with Crippen LogP contribution in [0.5, 0.6) is 11.5 Å². The molecule has 1 aromatic rings. The lowest BCUT2D eigenvalue weighted by atomic mass is 9.89. The molecule has 3 atom stereocenters. The molecular weight excluding hydrogens is 577 g/mol. The van der Waals surface area contributed by atoms with E-state index in [1.165, 1.54) is 23.1 Å². The molecule has 2 aliphatic heterocycles. The predicted molar refractivity (Wildman–Crippen MR) is 167 cm³/mol. The Labute approximate surface area is 261 Å². The highest BCUT2D eigenvalue weighted by molar-refractivity contribution is 5.99. The molecule has 0 aromatic heterocycles. The lowest BCUT2D eigenvalue weighted by Crippen LogP contribution is -2.50. The van der Waals surface area contributed by atoms with Gasteiger partial charge in [0.15, 0.2) is 5.96 Å². The Hall–Kier alpha value is -3.46. The van der Waals surface area contributed by atoms with E-state index in [1.807, 2.05) is 62.3 Å². The number of ether oxygens (including phenoxy) is 3. The molecular formula is C32H51F3N4O5. The minimum Gasteiger partial charge on any atom is -0.487 e. The van der Waals surface area contributed by atoms with Crippen molar-refractivity contribution in [3.63, 3.8) is 0 Å². The molecule has 4 rings (SSSR count). The van der Waals surface area contributed by atoms with Gasteiger partial charge in [0.25, 0.3) is 0 Å². The first kappa shape index (κ1) is 40.5. The summed E-state index contributed by atoms with van der Waals surface area (Å²) < 4.78 is 52.5. The molecule has 44 heavy (non-hydrogen) atoms. The van der Waals surface area contributed by atoms with Crippen LogP contribution in [0.3, 0.4) is 0 Å². The number of carbonyl (C=O) groups is 2. The van der Waals surface area contributed by atoms with Crippen molar-refractivity contribution in [1.82, 2.24) is 10.2 Å². The van der Waals surface area contributed by atoms with Gasteiger partial charge in [0.05, 0.1) is 18.0 Å². The third-order valence-corrected chi connectivity index (χ3v) is 6.53. The number of hydrogen-bond donors (Lipinski definition) is 2. The van der Waals surface area contributed by atoms with E-state index < -0.39 is 23.5 Å². The number of methoxy groups -OCH3 is 1. The molecule has 2 amide bonds. The van der Waals surface area contributed by atoms with Gasteiger partial charge in [-0.2, -0.15) is 0 Å². The highest BCUT2D eigenvalue weighted by Gasteiger charge is 2.47. The summed E-state index contributed by atoms with van der Waals surface area (Å²) in [6.07, 6.45) is 4.38. The van der Waals surface area contributed by atoms with E-state index in [9.17, 15) is 22.8 Å². The summed E-state index contributed by atoms with van der Waals surface area (Å²) in [7, 11) is 1.68. The zero-order valence-corrected chi connectivity index (χ0v) is 27.8. The van der Waals surface area contributed by atoms with Crippen molar-refractivity contribution in [3.8, 4) is 24.3 Å². The van der Waals surface area contributed by atoms with Crippen molar-refractivity contribution in [2.45, 2.75) is 105 Å². The van der Waals surface area contributed by atoms with Crippen molar-refractivity contribution < 1.29 is 37.0 Å². The number of guanidine groups is 1. The Balaban J connectivity index is 0.00000165. The fourth-order valence-corrected chi connectivity index (χ4v) is 4.64. The molecule has 9 nitrogen and oxygen atoms in total. The zero-order valence-electron chi connectivity index (χ0n) is 27.8. The zero-order chi connectivity index (χ0) is 34.5. The van der Waals surface area contributed by atoms with Crippen LogP contribution in [0.15, 0.2) is 23.2 Å². The molecule has 3 aliphatic rings. The molecule has 12 heteroatoms. The molecule has 0 saturated heterocycles. The smallest absolute Gasteiger partial charge is 0.487 e. The molecule has 250 valence electrons. The van der Waals surface area contributed by atoms with Gasteiger partial charge >= 0.3 is 6.36 Å². The summed E-state index contributed by atoms with van der Waals surface area (Å²) in [6, 6.07) is 3.31. The summed E-state index contributed by atoms with van der Waals surface area (Å²) >= 11 is 0. The summed E-state index contributed by atoms with van der Waals surface area (Å²) in [5.41, 5.74) is 5.24. The molecule has 0 spiro atoms. The number of nitrogens with one attached hydrogen (secondary N) is 1. The number of benzene rings is 1. The molecule has 1 aliphatic carbocycles. The van der Waals surface area contributed by atoms with Gasteiger partial charge in [0.2, 0.25) is 11.8 Å². The average molecular weight is 629 g/mol. The second-order valence-corrected chi connectivity index (χ2v) is 11.0. The van der Waals surface area contributed by atoms with E-state index >= 15 is 0 Å². The second kappa shape index (κ2) is 17.7. The number of rotatable bonds is 6. The molecule has 0 bridgehead atoms. The monoisotopic (exact) mass is 628 g/mol. The molecule has 1 aromatic carbocycles. The minimum atomic E-state index is -4.82. The minimum absolute atomic E-state index is 0.0638. The predicted octanol–water partition coefficient (Wildman–Crippen LogP) is 6.22. The third-order valence-electron chi connectivity index (χ3n) is 6.53. The van der Waals surface area contributed by atoms with E-state index in [0.717, 1.165) is 6.61 Å². The number of amides is 2. The average Bonchev–Trinajstić information content (AvgIpc) is 3.72. The summed E-state index contributed by atoms with van der Waals surface area (Å²) in [6.45, 7) is 18.4. The van der Waals surface area contributed by atoms with Gasteiger partial charge in [-0.25, -0.2) is 4.99 Å². The van der Waals surface area contributed by atoms with Gasteiger partial charge in [0.1, 0.15) is 17.1 Å². The third kappa shape index (κ3) is 12.6. The van der Waals surface area contributed by atoms with Crippen LogP contribution >= 0.6 is 0 Å². The number of terminal acetylenes is 1. The Morgan fingerprint density at radius 2 is 1.75 bits per heavy atom. The topological polar surface area (TPSA) is 115 Å². The molecule has 1 saturated carbocycles. The molecule has 0 radical (unpaired) electrons. The Kier molecular flexibility index (Phi) is 16.3. The molecule has 2 heterocycles. The van der Waals surface area contributed by atoms with Gasteiger partial charge in [-0.05, 0) is 65.2 Å². The Bertz CT molecular complexity index is 1120.